The topological polar surface area (TPSA) is 55.1 Å². The van der Waals surface area contributed by atoms with Gasteiger partial charge in [-0.3, -0.25) is 4.79 Å². The van der Waals surface area contributed by atoms with Gasteiger partial charge in [-0.2, -0.15) is 0 Å². The summed E-state index contributed by atoms with van der Waals surface area (Å²) in [4.78, 5) is 11.5. The van der Waals surface area contributed by atoms with Crippen LogP contribution in [0.5, 0.6) is 0 Å². The first-order valence-electron chi connectivity index (χ1n) is 7.27. The Hall–Kier alpha value is -1.51. The van der Waals surface area contributed by atoms with Crippen molar-refractivity contribution in [2.75, 3.05) is 11.1 Å². The predicted octanol–water partition coefficient (Wildman–Crippen LogP) is 3.85. The van der Waals surface area contributed by atoms with E-state index < -0.39 is 0 Å². The van der Waals surface area contributed by atoms with Gasteiger partial charge in [-0.15, -0.1) is 0 Å². The molecule has 0 amide bonds. The van der Waals surface area contributed by atoms with E-state index in [0.717, 1.165) is 11.6 Å². The van der Waals surface area contributed by atoms with Crippen molar-refractivity contribution in [3.05, 3.63) is 23.8 Å². The first-order valence-corrected chi connectivity index (χ1v) is 7.27. The smallest absolute Gasteiger partial charge is 0.161 e. The second-order valence-electron chi connectivity index (χ2n) is 5.64. The highest BCUT2D eigenvalue weighted by molar-refractivity contribution is 6.00. The van der Waals surface area contributed by atoms with Gasteiger partial charge >= 0.3 is 0 Å². The number of nitrogen functional groups attached to an aromatic ring is 1. The molecule has 0 radical (unpaired) electrons. The average Bonchev–Trinajstić information content (AvgIpc) is 2.41. The van der Waals surface area contributed by atoms with Crippen LogP contribution in [0.15, 0.2) is 18.2 Å². The van der Waals surface area contributed by atoms with Gasteiger partial charge in [0.25, 0.3) is 0 Å². The minimum atomic E-state index is 0.0243. The summed E-state index contributed by atoms with van der Waals surface area (Å²) in [5.74, 6) is 0.864. The molecule has 1 aliphatic rings. The van der Waals surface area contributed by atoms with Crippen LogP contribution < -0.4 is 11.1 Å². The van der Waals surface area contributed by atoms with E-state index in [1.54, 1.807) is 6.92 Å². The first-order chi connectivity index (χ1) is 9.10. The number of ketones is 1. The molecule has 3 heteroatoms. The van der Waals surface area contributed by atoms with Crippen LogP contribution in [0.25, 0.3) is 0 Å². The molecule has 2 rings (SSSR count). The van der Waals surface area contributed by atoms with Crippen molar-refractivity contribution in [2.24, 2.45) is 5.92 Å². The summed E-state index contributed by atoms with van der Waals surface area (Å²) in [6, 6.07) is 6.20. The summed E-state index contributed by atoms with van der Waals surface area (Å²) in [6.45, 7) is 3.83. The number of carbonyl (C=O) groups is 1. The van der Waals surface area contributed by atoms with E-state index in [9.17, 15) is 4.79 Å². The minimum absolute atomic E-state index is 0.0243. The Labute approximate surface area is 115 Å². The van der Waals surface area contributed by atoms with Crippen molar-refractivity contribution >= 4 is 17.2 Å². The summed E-state index contributed by atoms with van der Waals surface area (Å²) in [5, 5.41) is 3.56. The van der Waals surface area contributed by atoms with Crippen molar-refractivity contribution in [1.29, 1.82) is 0 Å². The van der Waals surface area contributed by atoms with Crippen LogP contribution in [0.3, 0.4) is 0 Å². The van der Waals surface area contributed by atoms with Gasteiger partial charge in [0, 0.05) is 23.0 Å². The number of hydrogen-bond donors (Lipinski definition) is 2. The number of benzene rings is 1. The summed E-state index contributed by atoms with van der Waals surface area (Å²) < 4.78 is 0. The normalized spacial score (nSPS) is 23.1. The Kier molecular flexibility index (Phi) is 4.46. The van der Waals surface area contributed by atoms with Crippen molar-refractivity contribution in [2.45, 2.75) is 52.0 Å². The van der Waals surface area contributed by atoms with E-state index in [2.05, 4.69) is 12.2 Å². The Morgan fingerprint density at radius 2 is 2.21 bits per heavy atom. The fourth-order valence-electron chi connectivity index (χ4n) is 2.98. The Balaban J connectivity index is 2.06. The van der Waals surface area contributed by atoms with Gasteiger partial charge in [-0.25, -0.2) is 0 Å². The molecule has 1 aliphatic carbocycles. The maximum Gasteiger partial charge on any atom is 0.161 e. The predicted molar refractivity (Wildman–Crippen MR) is 80.5 cm³/mol. The SMILES string of the molecule is CCC1CCCC(Nc2ccc(N)c(C(C)=O)c2)C1. The minimum Gasteiger partial charge on any atom is -0.398 e. The second kappa shape index (κ2) is 6.09. The number of nitrogens with two attached hydrogens (primary N) is 1. The molecule has 104 valence electrons. The molecule has 2 atom stereocenters. The van der Waals surface area contributed by atoms with E-state index in [1.807, 2.05) is 18.2 Å². The van der Waals surface area contributed by atoms with Crippen molar-refractivity contribution < 1.29 is 4.79 Å². The molecule has 0 bridgehead atoms. The molecule has 0 spiro atoms. The van der Waals surface area contributed by atoms with Crippen molar-refractivity contribution in [1.82, 2.24) is 0 Å². The van der Waals surface area contributed by atoms with E-state index in [-0.39, 0.29) is 5.78 Å². The van der Waals surface area contributed by atoms with Crippen LogP contribution in [-0.4, -0.2) is 11.8 Å². The quantitative estimate of drug-likeness (QED) is 0.638. The van der Waals surface area contributed by atoms with Gasteiger partial charge in [0.1, 0.15) is 0 Å². The summed E-state index contributed by atoms with van der Waals surface area (Å²) in [5.41, 5.74) is 8.01. The molecule has 0 heterocycles. The number of hydrogen-bond acceptors (Lipinski definition) is 3. The molecule has 3 N–H and O–H groups in total. The maximum absolute atomic E-state index is 11.5. The highest BCUT2D eigenvalue weighted by Gasteiger charge is 2.20. The molecule has 1 fully saturated rings. The summed E-state index contributed by atoms with van der Waals surface area (Å²) >= 11 is 0. The molecule has 1 saturated carbocycles. The molecular formula is C16H24N2O. The number of rotatable bonds is 4. The monoisotopic (exact) mass is 260 g/mol. The molecule has 0 saturated heterocycles. The molecule has 19 heavy (non-hydrogen) atoms. The zero-order chi connectivity index (χ0) is 13.8. The lowest BCUT2D eigenvalue weighted by molar-refractivity contribution is 0.101. The van der Waals surface area contributed by atoms with E-state index in [4.69, 9.17) is 5.73 Å². The third-order valence-electron chi connectivity index (χ3n) is 4.16. The lowest BCUT2D eigenvalue weighted by atomic mass is 9.84. The van der Waals surface area contributed by atoms with Gasteiger partial charge in [0.2, 0.25) is 0 Å². The summed E-state index contributed by atoms with van der Waals surface area (Å²) in [7, 11) is 0. The van der Waals surface area contributed by atoms with Crippen molar-refractivity contribution in [3.8, 4) is 0 Å². The second-order valence-corrected chi connectivity index (χ2v) is 5.64. The Bertz CT molecular complexity index is 456. The van der Waals surface area contributed by atoms with Crippen LogP contribution in [0, 0.1) is 5.92 Å². The standard InChI is InChI=1S/C16H24N2O/c1-3-12-5-4-6-13(9-12)18-14-7-8-16(17)15(10-14)11(2)19/h7-8,10,12-13,18H,3-6,9,17H2,1-2H3. The zero-order valence-corrected chi connectivity index (χ0v) is 11.9. The zero-order valence-electron chi connectivity index (χ0n) is 11.9. The van der Waals surface area contributed by atoms with E-state index in [0.29, 0.717) is 17.3 Å². The molecule has 1 aromatic rings. The number of anilines is 2. The largest absolute Gasteiger partial charge is 0.398 e. The Morgan fingerprint density at radius 1 is 1.42 bits per heavy atom. The fraction of sp³-hybridized carbons (Fsp3) is 0.562. The fourth-order valence-corrected chi connectivity index (χ4v) is 2.98. The lowest BCUT2D eigenvalue weighted by Crippen LogP contribution is -2.27. The number of Topliss-reactive ketones (excluding diaryl/α,β-unsaturated/α-hetero) is 1. The van der Waals surface area contributed by atoms with Crippen LogP contribution in [0.4, 0.5) is 11.4 Å². The highest BCUT2D eigenvalue weighted by atomic mass is 16.1. The summed E-state index contributed by atoms with van der Waals surface area (Å²) in [6.07, 6.45) is 6.37. The average molecular weight is 260 g/mol. The van der Waals surface area contributed by atoms with Gasteiger partial charge < -0.3 is 11.1 Å². The molecule has 2 unspecified atom stereocenters. The van der Waals surface area contributed by atoms with Crippen LogP contribution in [0.2, 0.25) is 0 Å². The van der Waals surface area contributed by atoms with E-state index in [1.165, 1.54) is 32.1 Å². The lowest BCUT2D eigenvalue weighted by Gasteiger charge is -2.30. The maximum atomic E-state index is 11.5. The third kappa shape index (κ3) is 3.49. The van der Waals surface area contributed by atoms with Crippen LogP contribution in [-0.2, 0) is 0 Å². The molecule has 0 aromatic heterocycles. The van der Waals surface area contributed by atoms with Gasteiger partial charge in [0.05, 0.1) is 0 Å². The highest BCUT2D eigenvalue weighted by Crippen LogP contribution is 2.29. The molecule has 0 aliphatic heterocycles. The van der Waals surface area contributed by atoms with Crippen molar-refractivity contribution in [3.63, 3.8) is 0 Å². The molecular weight excluding hydrogens is 236 g/mol. The van der Waals surface area contributed by atoms with Crippen LogP contribution in [0.1, 0.15) is 56.3 Å². The van der Waals surface area contributed by atoms with E-state index >= 15 is 0 Å². The number of nitrogens with one attached hydrogen (secondary N) is 1. The Morgan fingerprint density at radius 3 is 2.89 bits per heavy atom. The van der Waals surface area contributed by atoms with Crippen LogP contribution >= 0.6 is 0 Å². The third-order valence-corrected chi connectivity index (χ3v) is 4.16. The first kappa shape index (κ1) is 13.9. The van der Waals surface area contributed by atoms with Gasteiger partial charge in [0.15, 0.2) is 5.78 Å². The number of carbonyl (C=O) groups excluding carboxylic acids is 1. The molecule has 1 aromatic carbocycles. The molecule has 3 nitrogen and oxygen atoms in total. The van der Waals surface area contributed by atoms with Gasteiger partial charge in [-0.1, -0.05) is 26.2 Å². The van der Waals surface area contributed by atoms with Gasteiger partial charge in [-0.05, 0) is 43.9 Å².